The van der Waals surface area contributed by atoms with Crippen molar-refractivity contribution in [2.24, 2.45) is 5.14 Å². The zero-order valence-electron chi connectivity index (χ0n) is 11.7. The molecule has 0 unspecified atom stereocenters. The molecule has 0 radical (unpaired) electrons. The summed E-state index contributed by atoms with van der Waals surface area (Å²) in [5, 5.41) is 15.6. The molecule has 0 spiro atoms. The smallest absolute Gasteiger partial charge is 0.249 e. The lowest BCUT2D eigenvalue weighted by Crippen LogP contribution is -2.46. The van der Waals surface area contributed by atoms with Gasteiger partial charge in [0.1, 0.15) is 5.75 Å². The molecule has 118 valence electrons. The number of primary sulfonamides is 1. The Balaban J connectivity index is 1.70. The van der Waals surface area contributed by atoms with Crippen molar-refractivity contribution in [2.75, 3.05) is 36.0 Å². The molecule has 9 heteroatoms. The molecule has 0 amide bonds. The van der Waals surface area contributed by atoms with Gasteiger partial charge in [-0.2, -0.15) is 0 Å². The van der Waals surface area contributed by atoms with E-state index in [1.165, 1.54) is 6.20 Å². The predicted molar refractivity (Wildman–Crippen MR) is 86.0 cm³/mol. The molecule has 2 aromatic rings. The molecule has 22 heavy (non-hydrogen) atoms. The van der Waals surface area contributed by atoms with E-state index in [-0.39, 0.29) is 9.96 Å². The van der Waals surface area contributed by atoms with Crippen molar-refractivity contribution in [3.8, 4) is 5.75 Å². The highest BCUT2D eigenvalue weighted by Crippen LogP contribution is 2.30. The van der Waals surface area contributed by atoms with Gasteiger partial charge in [-0.3, -0.25) is 0 Å². The number of thiazole rings is 1. The van der Waals surface area contributed by atoms with E-state index in [1.807, 2.05) is 17.0 Å². The summed E-state index contributed by atoms with van der Waals surface area (Å²) in [5.74, 6) is 0.265. The Morgan fingerprint density at radius 2 is 1.77 bits per heavy atom. The first-order valence-electron chi connectivity index (χ1n) is 6.71. The Morgan fingerprint density at radius 1 is 1.14 bits per heavy atom. The van der Waals surface area contributed by atoms with E-state index in [1.54, 1.807) is 12.1 Å². The Morgan fingerprint density at radius 3 is 2.36 bits per heavy atom. The van der Waals surface area contributed by atoms with Crippen molar-refractivity contribution in [1.29, 1.82) is 0 Å². The highest BCUT2D eigenvalue weighted by atomic mass is 32.2. The number of rotatable bonds is 3. The molecular weight excluding hydrogens is 324 g/mol. The lowest BCUT2D eigenvalue weighted by Gasteiger charge is -2.36. The van der Waals surface area contributed by atoms with Gasteiger partial charge in [-0.25, -0.2) is 18.5 Å². The van der Waals surface area contributed by atoms with Crippen LogP contribution in [0.5, 0.6) is 5.75 Å². The van der Waals surface area contributed by atoms with Crippen molar-refractivity contribution >= 4 is 32.2 Å². The van der Waals surface area contributed by atoms with Crippen LogP contribution in [0.3, 0.4) is 0 Å². The van der Waals surface area contributed by atoms with Gasteiger partial charge in [0.2, 0.25) is 10.0 Å². The van der Waals surface area contributed by atoms with Crippen molar-refractivity contribution < 1.29 is 13.5 Å². The van der Waals surface area contributed by atoms with Gasteiger partial charge in [0.05, 0.1) is 11.9 Å². The minimum Gasteiger partial charge on any atom is -0.506 e. The largest absolute Gasteiger partial charge is 0.506 e. The highest BCUT2D eigenvalue weighted by molar-refractivity contribution is 7.91. The molecule has 1 fully saturated rings. The summed E-state index contributed by atoms with van der Waals surface area (Å²) in [6.45, 7) is 2.85. The molecule has 0 saturated carbocycles. The van der Waals surface area contributed by atoms with Crippen molar-refractivity contribution in [3.63, 3.8) is 0 Å². The van der Waals surface area contributed by atoms with E-state index < -0.39 is 10.0 Å². The molecule has 0 atom stereocenters. The number of nitrogens with two attached hydrogens (primary N) is 1. The van der Waals surface area contributed by atoms with Gasteiger partial charge < -0.3 is 14.9 Å². The lowest BCUT2D eigenvalue weighted by molar-refractivity contribution is 0.472. The van der Waals surface area contributed by atoms with Gasteiger partial charge >= 0.3 is 0 Å². The van der Waals surface area contributed by atoms with Crippen LogP contribution >= 0.6 is 11.3 Å². The number of hydrogen-bond acceptors (Lipinski definition) is 7. The normalized spacial score (nSPS) is 16.0. The Bertz CT molecular complexity index is 767. The SMILES string of the molecule is NS(=O)(=O)c1cnc(N2CCN(c3ccccc3O)CC2)s1. The molecule has 1 aromatic carbocycles. The van der Waals surface area contributed by atoms with E-state index in [4.69, 9.17) is 5.14 Å². The summed E-state index contributed by atoms with van der Waals surface area (Å²) < 4.78 is 22.7. The first-order valence-corrected chi connectivity index (χ1v) is 9.08. The van der Waals surface area contributed by atoms with Crippen LogP contribution in [0.25, 0.3) is 0 Å². The van der Waals surface area contributed by atoms with Crippen LogP contribution in [0.1, 0.15) is 0 Å². The molecule has 1 aliphatic heterocycles. The quantitative estimate of drug-likeness (QED) is 0.858. The third-order valence-electron chi connectivity index (χ3n) is 3.53. The van der Waals surface area contributed by atoms with Crippen LogP contribution in [0.2, 0.25) is 0 Å². The maximum Gasteiger partial charge on any atom is 0.249 e. The molecule has 0 aliphatic carbocycles. The first kappa shape index (κ1) is 15.1. The summed E-state index contributed by atoms with van der Waals surface area (Å²) in [7, 11) is -3.69. The summed E-state index contributed by atoms with van der Waals surface area (Å²) in [5.41, 5.74) is 0.812. The summed E-state index contributed by atoms with van der Waals surface area (Å²) in [6.07, 6.45) is 1.30. The average molecular weight is 340 g/mol. The molecule has 2 heterocycles. The fourth-order valence-electron chi connectivity index (χ4n) is 2.40. The van der Waals surface area contributed by atoms with E-state index in [9.17, 15) is 13.5 Å². The summed E-state index contributed by atoms with van der Waals surface area (Å²) >= 11 is 1.08. The third-order valence-corrected chi connectivity index (χ3v) is 5.99. The zero-order valence-corrected chi connectivity index (χ0v) is 13.3. The highest BCUT2D eigenvalue weighted by Gasteiger charge is 2.22. The van der Waals surface area contributed by atoms with E-state index in [0.29, 0.717) is 18.2 Å². The Labute approximate surface area is 132 Å². The number of para-hydroxylation sites is 2. The third kappa shape index (κ3) is 3.01. The number of nitrogens with zero attached hydrogens (tertiary/aromatic N) is 3. The van der Waals surface area contributed by atoms with E-state index in [2.05, 4.69) is 9.88 Å². The lowest BCUT2D eigenvalue weighted by atomic mass is 10.2. The molecule has 1 aromatic heterocycles. The van der Waals surface area contributed by atoms with Crippen LogP contribution in [0, 0.1) is 0 Å². The van der Waals surface area contributed by atoms with Crippen molar-refractivity contribution in [1.82, 2.24) is 4.98 Å². The standard InChI is InChI=1S/C13H16N4O3S2/c14-22(19,20)12-9-15-13(21-12)17-7-5-16(6-8-17)10-3-1-2-4-11(10)18/h1-4,9,18H,5-8H2,(H2,14,19,20). The predicted octanol–water partition coefficient (Wildman–Crippen LogP) is 0.823. The van der Waals surface area contributed by atoms with Gasteiger partial charge in [-0.1, -0.05) is 23.5 Å². The number of phenolic OH excluding ortho intramolecular Hbond substituents is 1. The summed E-state index contributed by atoms with van der Waals surface area (Å²) in [6, 6.07) is 7.23. The monoisotopic (exact) mass is 340 g/mol. The number of piperazine rings is 1. The minimum atomic E-state index is -3.69. The fourth-order valence-corrected chi connectivity index (χ4v) is 3.99. The van der Waals surface area contributed by atoms with Crippen LogP contribution in [0.4, 0.5) is 10.8 Å². The number of anilines is 2. The minimum absolute atomic E-state index is 0.0747. The topological polar surface area (TPSA) is 99.8 Å². The van der Waals surface area contributed by atoms with Crippen molar-refractivity contribution in [2.45, 2.75) is 4.21 Å². The van der Waals surface area contributed by atoms with E-state index in [0.717, 1.165) is 30.1 Å². The number of aromatic nitrogens is 1. The molecule has 3 rings (SSSR count). The molecular formula is C13H16N4O3S2. The van der Waals surface area contributed by atoms with Gasteiger partial charge in [0, 0.05) is 26.2 Å². The maximum atomic E-state index is 11.3. The van der Waals surface area contributed by atoms with Gasteiger partial charge in [-0.05, 0) is 12.1 Å². The van der Waals surface area contributed by atoms with Gasteiger partial charge in [0.25, 0.3) is 0 Å². The molecule has 1 saturated heterocycles. The summed E-state index contributed by atoms with van der Waals surface area (Å²) in [4.78, 5) is 8.26. The second-order valence-electron chi connectivity index (χ2n) is 4.97. The van der Waals surface area contributed by atoms with Crippen LogP contribution in [-0.4, -0.2) is 44.7 Å². The van der Waals surface area contributed by atoms with E-state index >= 15 is 0 Å². The first-order chi connectivity index (χ1) is 10.4. The Hall–Kier alpha value is -1.84. The van der Waals surface area contributed by atoms with Gasteiger partial charge in [-0.15, -0.1) is 0 Å². The average Bonchev–Trinajstić information content (AvgIpc) is 2.98. The van der Waals surface area contributed by atoms with Crippen LogP contribution < -0.4 is 14.9 Å². The number of aromatic hydroxyl groups is 1. The number of phenols is 1. The fraction of sp³-hybridized carbons (Fsp3) is 0.308. The van der Waals surface area contributed by atoms with Crippen LogP contribution in [0.15, 0.2) is 34.7 Å². The maximum absolute atomic E-state index is 11.3. The number of sulfonamides is 1. The van der Waals surface area contributed by atoms with Crippen molar-refractivity contribution in [3.05, 3.63) is 30.5 Å². The number of hydrogen-bond donors (Lipinski definition) is 2. The zero-order chi connectivity index (χ0) is 15.7. The Kier molecular flexibility index (Phi) is 3.94. The second-order valence-corrected chi connectivity index (χ2v) is 7.77. The molecule has 7 nitrogen and oxygen atoms in total. The number of benzene rings is 1. The molecule has 3 N–H and O–H groups in total. The van der Waals surface area contributed by atoms with Crippen LogP contribution in [-0.2, 0) is 10.0 Å². The molecule has 0 bridgehead atoms. The van der Waals surface area contributed by atoms with Gasteiger partial charge in [0.15, 0.2) is 9.34 Å². The molecule has 1 aliphatic rings. The second kappa shape index (κ2) is 5.75.